The number of carbonyl (C=O) groups excluding carboxylic acids is 2. The summed E-state index contributed by atoms with van der Waals surface area (Å²) in [4.78, 5) is 26.5. The fourth-order valence-electron chi connectivity index (χ4n) is 10.7. The summed E-state index contributed by atoms with van der Waals surface area (Å²) in [7, 11) is 1.78. The number of methoxy groups -OCH3 is 1. The van der Waals surface area contributed by atoms with Crippen molar-refractivity contribution in [2.45, 2.75) is 116 Å². The Morgan fingerprint density at radius 1 is 1.07 bits per heavy atom. The first-order valence-corrected chi connectivity index (χ1v) is 17.3. The van der Waals surface area contributed by atoms with Crippen LogP contribution in [0.2, 0.25) is 0 Å². The van der Waals surface area contributed by atoms with Gasteiger partial charge in [-0.15, -0.1) is 0 Å². The van der Waals surface area contributed by atoms with Gasteiger partial charge >= 0.3 is 5.97 Å². The van der Waals surface area contributed by atoms with Gasteiger partial charge in [-0.3, -0.25) is 4.79 Å². The molecular formula is C37H54O6. The molecule has 1 aromatic rings. The molecule has 11 atom stereocenters. The lowest BCUT2D eigenvalue weighted by molar-refractivity contribution is -0.258. The maximum Gasteiger partial charge on any atom is 0.338 e. The molecule has 6 nitrogen and oxygen atoms in total. The van der Waals surface area contributed by atoms with Gasteiger partial charge in [0.1, 0.15) is 11.9 Å². The maximum absolute atomic E-state index is 13.7. The van der Waals surface area contributed by atoms with Crippen molar-refractivity contribution < 1.29 is 28.5 Å². The number of hydrogen-bond acceptors (Lipinski definition) is 6. The van der Waals surface area contributed by atoms with E-state index in [1.54, 1.807) is 7.11 Å². The largest absolute Gasteiger partial charge is 0.458 e. The second-order valence-corrected chi connectivity index (χ2v) is 15.1. The summed E-state index contributed by atoms with van der Waals surface area (Å²) >= 11 is 0. The number of ether oxygens (including phenoxy) is 4. The minimum Gasteiger partial charge on any atom is -0.458 e. The molecule has 1 aliphatic heterocycles. The Labute approximate surface area is 258 Å². The standard InChI is InChI=1S/C37H54O6/c1-24(11-10-19-40-4)28-15-16-29-34-30(23-32(37(28,29)3)43-35(39)25-12-6-5-7-13-25)36(2)18-17-27(38)21-26(36)22-31(34)42-33-14-8-9-20-41-33/h5-7,12-13,24,26,28-34H,8-11,14-23H2,1-4H3/t24-,26+,28?,29?,30?,31-,32+,33?,34?,36?,37?/m1/s1. The van der Waals surface area contributed by atoms with Gasteiger partial charge in [-0.2, -0.15) is 0 Å². The Balaban J connectivity index is 1.37. The minimum absolute atomic E-state index is 0.0484. The predicted octanol–water partition coefficient (Wildman–Crippen LogP) is 7.63. The van der Waals surface area contributed by atoms with E-state index < -0.39 is 0 Å². The summed E-state index contributed by atoms with van der Waals surface area (Å²) in [6.07, 6.45) is 11.5. The summed E-state index contributed by atoms with van der Waals surface area (Å²) in [6.45, 7) is 8.86. The molecule has 1 saturated heterocycles. The van der Waals surface area contributed by atoms with Crippen molar-refractivity contribution in [1.29, 1.82) is 0 Å². The van der Waals surface area contributed by atoms with Crippen molar-refractivity contribution in [3.63, 3.8) is 0 Å². The van der Waals surface area contributed by atoms with Crippen LogP contribution in [0.5, 0.6) is 0 Å². The monoisotopic (exact) mass is 594 g/mol. The van der Waals surface area contributed by atoms with Gasteiger partial charge in [-0.1, -0.05) is 39.0 Å². The number of Topliss-reactive ketones (excluding diaryl/α,β-unsaturated/α-hetero) is 1. The Bertz CT molecular complexity index is 1120. The molecule has 6 rings (SSSR count). The van der Waals surface area contributed by atoms with Crippen LogP contribution in [-0.2, 0) is 23.7 Å². The number of esters is 1. The highest BCUT2D eigenvalue weighted by molar-refractivity contribution is 5.89. The van der Waals surface area contributed by atoms with E-state index in [9.17, 15) is 9.59 Å². The smallest absolute Gasteiger partial charge is 0.338 e. The van der Waals surface area contributed by atoms with Crippen LogP contribution in [-0.4, -0.2) is 50.6 Å². The lowest BCUT2D eigenvalue weighted by Crippen LogP contribution is -2.63. The zero-order valence-corrected chi connectivity index (χ0v) is 26.9. The van der Waals surface area contributed by atoms with Crippen molar-refractivity contribution in [3.05, 3.63) is 35.9 Å². The first-order chi connectivity index (χ1) is 20.8. The zero-order chi connectivity index (χ0) is 30.2. The molecule has 1 heterocycles. The van der Waals surface area contributed by atoms with Gasteiger partial charge in [0.15, 0.2) is 6.29 Å². The third kappa shape index (κ3) is 5.86. The molecule has 0 amide bonds. The molecule has 5 fully saturated rings. The van der Waals surface area contributed by atoms with E-state index in [0.717, 1.165) is 77.4 Å². The van der Waals surface area contributed by atoms with Crippen LogP contribution in [0.25, 0.3) is 0 Å². The predicted molar refractivity (Wildman–Crippen MR) is 165 cm³/mol. The van der Waals surface area contributed by atoms with Crippen LogP contribution in [0, 0.1) is 46.3 Å². The molecule has 0 spiro atoms. The SMILES string of the molecule is COCCC[C@@H](C)C1CCC2C3C(C[C@H](OC(=O)c4ccccc4)C21C)C1(C)CCC(=O)C[C@H]1C[C@H]3OC1CCCCO1. The van der Waals surface area contributed by atoms with Gasteiger partial charge in [0.05, 0.1) is 11.7 Å². The molecule has 0 N–H and O–H groups in total. The third-order valence-electron chi connectivity index (χ3n) is 13.0. The Kier molecular flexibility index (Phi) is 9.39. The fraction of sp³-hybridized carbons (Fsp3) is 0.784. The molecule has 5 aliphatic rings. The second kappa shape index (κ2) is 12.9. The highest BCUT2D eigenvalue weighted by atomic mass is 16.7. The molecule has 4 aliphatic carbocycles. The lowest BCUT2D eigenvalue weighted by atomic mass is 9.43. The number of benzene rings is 1. The maximum atomic E-state index is 13.7. The fourth-order valence-corrected chi connectivity index (χ4v) is 10.7. The molecular weight excluding hydrogens is 540 g/mol. The van der Waals surface area contributed by atoms with Crippen LogP contribution in [0.3, 0.4) is 0 Å². The molecule has 4 saturated carbocycles. The van der Waals surface area contributed by atoms with E-state index in [1.807, 2.05) is 30.3 Å². The average Bonchev–Trinajstić information content (AvgIpc) is 3.37. The van der Waals surface area contributed by atoms with E-state index in [0.29, 0.717) is 59.7 Å². The molecule has 6 heteroatoms. The Morgan fingerprint density at radius 3 is 2.63 bits per heavy atom. The Morgan fingerprint density at radius 2 is 1.88 bits per heavy atom. The van der Waals surface area contributed by atoms with E-state index in [-0.39, 0.29) is 35.3 Å². The van der Waals surface area contributed by atoms with Crippen LogP contribution < -0.4 is 0 Å². The summed E-state index contributed by atoms with van der Waals surface area (Å²) in [5.41, 5.74) is 0.534. The quantitative estimate of drug-likeness (QED) is 0.166. The summed E-state index contributed by atoms with van der Waals surface area (Å²) in [5, 5.41) is 0. The van der Waals surface area contributed by atoms with Gasteiger partial charge in [-0.05, 0) is 117 Å². The van der Waals surface area contributed by atoms with Gasteiger partial charge in [0.2, 0.25) is 0 Å². The van der Waals surface area contributed by atoms with Crippen LogP contribution in [0.15, 0.2) is 30.3 Å². The number of hydrogen-bond donors (Lipinski definition) is 0. The highest BCUT2D eigenvalue weighted by Gasteiger charge is 2.67. The normalized spacial score (nSPS) is 41.5. The number of rotatable bonds is 9. The van der Waals surface area contributed by atoms with Gasteiger partial charge in [0, 0.05) is 38.6 Å². The molecule has 1 aromatic carbocycles. The average molecular weight is 595 g/mol. The molecule has 0 aromatic heterocycles. The minimum atomic E-state index is -0.207. The summed E-state index contributed by atoms with van der Waals surface area (Å²) < 4.78 is 25.2. The zero-order valence-electron chi connectivity index (χ0n) is 26.9. The molecule has 7 unspecified atom stereocenters. The van der Waals surface area contributed by atoms with Crippen molar-refractivity contribution in [2.75, 3.05) is 20.3 Å². The second-order valence-electron chi connectivity index (χ2n) is 15.1. The van der Waals surface area contributed by atoms with Gasteiger partial charge < -0.3 is 18.9 Å². The molecule has 238 valence electrons. The van der Waals surface area contributed by atoms with Crippen molar-refractivity contribution in [3.8, 4) is 0 Å². The van der Waals surface area contributed by atoms with Crippen molar-refractivity contribution in [1.82, 2.24) is 0 Å². The molecule has 0 bridgehead atoms. The van der Waals surface area contributed by atoms with E-state index >= 15 is 0 Å². The van der Waals surface area contributed by atoms with E-state index in [4.69, 9.17) is 18.9 Å². The molecule has 0 radical (unpaired) electrons. The van der Waals surface area contributed by atoms with E-state index in [1.165, 1.54) is 0 Å². The van der Waals surface area contributed by atoms with Crippen molar-refractivity contribution in [2.24, 2.45) is 46.3 Å². The number of carbonyl (C=O) groups is 2. The van der Waals surface area contributed by atoms with Crippen LogP contribution >= 0.6 is 0 Å². The number of fused-ring (bicyclic) bond motifs is 5. The topological polar surface area (TPSA) is 71.1 Å². The van der Waals surface area contributed by atoms with Gasteiger partial charge in [0.25, 0.3) is 0 Å². The lowest BCUT2D eigenvalue weighted by Gasteiger charge is -2.64. The van der Waals surface area contributed by atoms with Crippen molar-refractivity contribution >= 4 is 11.8 Å². The number of ketones is 1. The van der Waals surface area contributed by atoms with Crippen LogP contribution in [0.1, 0.15) is 108 Å². The van der Waals surface area contributed by atoms with E-state index in [2.05, 4.69) is 20.8 Å². The highest BCUT2D eigenvalue weighted by Crippen LogP contribution is 2.69. The Hall–Kier alpha value is -1.76. The molecule has 43 heavy (non-hydrogen) atoms. The third-order valence-corrected chi connectivity index (χ3v) is 13.0. The van der Waals surface area contributed by atoms with Gasteiger partial charge in [-0.25, -0.2) is 4.79 Å². The first kappa shape index (κ1) is 31.2. The summed E-state index contributed by atoms with van der Waals surface area (Å²) in [6, 6.07) is 9.50. The first-order valence-electron chi connectivity index (χ1n) is 17.3. The summed E-state index contributed by atoms with van der Waals surface area (Å²) in [5.74, 6) is 2.61. The van der Waals surface area contributed by atoms with Crippen LogP contribution in [0.4, 0.5) is 0 Å².